The minimum Gasteiger partial charge on any atom is -0.724 e. The van der Waals surface area contributed by atoms with Gasteiger partial charge in [-0.25, -0.2) is 0 Å². The Hall–Kier alpha value is -0.138. The van der Waals surface area contributed by atoms with Gasteiger partial charge in [-0.2, -0.15) is 0 Å². The summed E-state index contributed by atoms with van der Waals surface area (Å²) in [6, 6.07) is 0. The van der Waals surface area contributed by atoms with Gasteiger partial charge in [0, 0.05) is 98.1 Å². The van der Waals surface area contributed by atoms with E-state index < -0.39 is 17.1 Å². The summed E-state index contributed by atoms with van der Waals surface area (Å²) in [6.45, 7) is 0. The Labute approximate surface area is 190 Å². The van der Waals surface area contributed by atoms with E-state index in [0.717, 1.165) is 0 Å². The zero-order valence-corrected chi connectivity index (χ0v) is 18.4. The first kappa shape index (κ1) is 37.3. The SMILES string of the molecule is O=c1[n-]c(=O)[n-]c(=O)[n-]1.[N-]=C=O.[N-]=C=O.[N-]=C=O.[Y].[Y].[Y]. The van der Waals surface area contributed by atoms with Crippen molar-refractivity contribution in [2.75, 3.05) is 0 Å². The fraction of sp³-hybridized carbons (Fsp3) is 0. The molecule has 0 aliphatic heterocycles. The summed E-state index contributed by atoms with van der Waals surface area (Å²) in [7, 11) is 0. The number of hydrogen-bond donors (Lipinski definition) is 0. The second kappa shape index (κ2) is 32.0. The van der Waals surface area contributed by atoms with Gasteiger partial charge in [-0.05, 0) is 35.3 Å². The van der Waals surface area contributed by atoms with Crippen molar-refractivity contribution in [3.63, 3.8) is 0 Å². The van der Waals surface area contributed by atoms with Crippen LogP contribution in [0.1, 0.15) is 0 Å². The molecule has 21 heavy (non-hydrogen) atoms. The van der Waals surface area contributed by atoms with Crippen LogP contribution in [0.5, 0.6) is 0 Å². The van der Waals surface area contributed by atoms with Gasteiger partial charge in [0.15, 0.2) is 0 Å². The molecule has 0 bridgehead atoms. The van der Waals surface area contributed by atoms with E-state index in [2.05, 4.69) is 15.0 Å². The van der Waals surface area contributed by atoms with Gasteiger partial charge in [0.05, 0.1) is 0 Å². The first-order chi connectivity index (χ1) is 8.42. The van der Waals surface area contributed by atoms with Crippen molar-refractivity contribution in [2.24, 2.45) is 0 Å². The molecule has 0 unspecified atom stereocenters. The number of carbonyl (C=O) groups excluding carboxylic acids is 3. The van der Waals surface area contributed by atoms with Crippen molar-refractivity contribution < 1.29 is 113 Å². The maximum atomic E-state index is 10.0. The molecule has 0 N–H and O–H groups in total. The monoisotopic (exact) mass is 519 g/mol. The molecular formula is C6N6O6Y3-6. The van der Waals surface area contributed by atoms with E-state index in [-0.39, 0.29) is 98.1 Å². The third kappa shape index (κ3) is 45.0. The Bertz CT molecular complexity index is 495. The van der Waals surface area contributed by atoms with Crippen molar-refractivity contribution in [1.82, 2.24) is 15.0 Å². The molecule has 0 atom stereocenters. The van der Waals surface area contributed by atoms with Crippen LogP contribution in [0, 0.1) is 0 Å². The quantitative estimate of drug-likeness (QED) is 0.244. The predicted octanol–water partition coefficient (Wildman–Crippen LogP) is -3.69. The predicted molar refractivity (Wildman–Crippen MR) is 52.4 cm³/mol. The molecule has 0 fully saturated rings. The molecule has 1 heterocycles. The summed E-state index contributed by atoms with van der Waals surface area (Å²) in [4.78, 5) is 63.0. The van der Waals surface area contributed by atoms with Crippen molar-refractivity contribution >= 4 is 18.2 Å². The molecule has 1 rings (SSSR count). The van der Waals surface area contributed by atoms with E-state index in [1.165, 1.54) is 0 Å². The zero-order valence-electron chi connectivity index (χ0n) is 9.86. The summed E-state index contributed by atoms with van der Waals surface area (Å²) in [5.74, 6) is 0. The summed E-state index contributed by atoms with van der Waals surface area (Å²) in [5, 5.41) is 20.3. The van der Waals surface area contributed by atoms with Crippen LogP contribution in [-0.2, 0) is 113 Å². The maximum absolute atomic E-state index is 10.0. The van der Waals surface area contributed by atoms with Crippen LogP contribution >= 0.6 is 0 Å². The largest absolute Gasteiger partial charge is 0.724 e. The second-order valence-electron chi connectivity index (χ2n) is 1.46. The minimum atomic E-state index is -1.08. The standard InChI is InChI=1S/C3H3N3O3.3CNO.3Y/c7-1-4-2(8)6-3(9)5-1;3*2-1-3;;;/h(H3,4,5,6,7,8,9);;;;;;/q;3*-1;;;/p-3. The molecule has 0 saturated carbocycles. The molecule has 105 valence electrons. The fourth-order valence-electron chi connectivity index (χ4n) is 0.320. The first-order valence-corrected chi connectivity index (χ1v) is 3.24. The molecule has 12 nitrogen and oxygen atoms in total. The smallest absolute Gasteiger partial charge is 0 e. The van der Waals surface area contributed by atoms with Gasteiger partial charge < -0.3 is 45.6 Å². The maximum Gasteiger partial charge on any atom is 0 e. The molecule has 0 aliphatic carbocycles. The Morgan fingerprint density at radius 3 is 0.762 bits per heavy atom. The van der Waals surface area contributed by atoms with E-state index in [1.54, 1.807) is 0 Å². The summed E-state index contributed by atoms with van der Waals surface area (Å²) < 4.78 is 0. The Morgan fingerprint density at radius 2 is 0.667 bits per heavy atom. The van der Waals surface area contributed by atoms with Crippen molar-refractivity contribution in [3.05, 3.63) is 47.7 Å². The van der Waals surface area contributed by atoms with Gasteiger partial charge in [0.25, 0.3) is 0 Å². The molecule has 3 radical (unpaired) electrons. The van der Waals surface area contributed by atoms with Crippen LogP contribution in [0.3, 0.4) is 0 Å². The number of nitrogens with zero attached hydrogens (tertiary/aromatic N) is 6. The first-order valence-electron chi connectivity index (χ1n) is 3.24. The molecule has 15 heteroatoms. The summed E-state index contributed by atoms with van der Waals surface area (Å²) in [5.41, 5.74) is -3.25. The molecule has 0 aromatic carbocycles. The van der Waals surface area contributed by atoms with Gasteiger partial charge in [0.1, 0.15) is 0 Å². The molecule has 0 saturated heterocycles. The number of rotatable bonds is 0. The van der Waals surface area contributed by atoms with Crippen LogP contribution in [0.4, 0.5) is 0 Å². The Kier molecular flexibility index (Phi) is 56.8. The van der Waals surface area contributed by atoms with Crippen molar-refractivity contribution in [1.29, 1.82) is 0 Å². The third-order valence-electron chi connectivity index (χ3n) is 0.574. The van der Waals surface area contributed by atoms with Crippen molar-refractivity contribution in [3.8, 4) is 0 Å². The molecular weight excluding hydrogens is 519 g/mol. The number of hydrogen-bond acceptors (Lipinski definition) is 6. The average Bonchev–Trinajstić information content (AvgIpc) is 2.18. The van der Waals surface area contributed by atoms with Gasteiger partial charge in [-0.3, -0.25) is 14.4 Å². The Morgan fingerprint density at radius 1 is 0.571 bits per heavy atom. The zero-order chi connectivity index (χ0) is 15.0. The molecule has 0 aliphatic rings. The van der Waals surface area contributed by atoms with E-state index >= 15 is 0 Å². The fourth-order valence-corrected chi connectivity index (χ4v) is 0.320. The van der Waals surface area contributed by atoms with Gasteiger partial charge in [-0.1, -0.05) is 0 Å². The van der Waals surface area contributed by atoms with Crippen LogP contribution in [0.15, 0.2) is 14.4 Å². The Balaban J connectivity index is -0.0000000406. The topological polar surface area (TPSA) is 212 Å². The minimum absolute atomic E-state index is 0. The van der Waals surface area contributed by atoms with E-state index in [1.807, 2.05) is 0 Å². The number of aromatic nitrogens is 3. The summed E-state index contributed by atoms with van der Waals surface area (Å²) in [6.07, 6.45) is 1.50. The van der Waals surface area contributed by atoms with Crippen LogP contribution in [0.2, 0.25) is 0 Å². The van der Waals surface area contributed by atoms with Gasteiger partial charge in [0.2, 0.25) is 0 Å². The molecule has 0 amide bonds. The third-order valence-corrected chi connectivity index (χ3v) is 0.574. The van der Waals surface area contributed by atoms with Crippen LogP contribution < -0.4 is 32.0 Å². The summed E-state index contributed by atoms with van der Waals surface area (Å²) >= 11 is 0. The van der Waals surface area contributed by atoms with Crippen LogP contribution in [-0.4, -0.2) is 18.2 Å². The van der Waals surface area contributed by atoms with Crippen LogP contribution in [0.25, 0.3) is 16.2 Å². The molecule has 1 aromatic heterocycles. The average molecular weight is 519 g/mol. The normalized spacial score (nSPS) is 5.14. The second-order valence-corrected chi connectivity index (χ2v) is 1.46. The van der Waals surface area contributed by atoms with Gasteiger partial charge >= 0.3 is 0 Å². The van der Waals surface area contributed by atoms with E-state index in [4.69, 9.17) is 30.6 Å². The van der Waals surface area contributed by atoms with E-state index in [0.29, 0.717) is 18.2 Å². The van der Waals surface area contributed by atoms with Gasteiger partial charge in [-0.15, -0.1) is 0 Å². The molecule has 1 aromatic rings. The molecule has 0 spiro atoms. The van der Waals surface area contributed by atoms with Crippen molar-refractivity contribution in [2.45, 2.75) is 0 Å². The van der Waals surface area contributed by atoms with E-state index in [9.17, 15) is 14.4 Å². The number of isocyanates is 3.